The van der Waals surface area contributed by atoms with Crippen molar-refractivity contribution in [3.63, 3.8) is 0 Å². The van der Waals surface area contributed by atoms with Crippen LogP contribution in [0.25, 0.3) is 0 Å². The maximum atomic E-state index is 10.8. The second-order valence-electron chi connectivity index (χ2n) is 17.9. The van der Waals surface area contributed by atoms with E-state index < -0.39 is 0 Å². The molecule has 0 unspecified atom stereocenters. The monoisotopic (exact) mass is 652 g/mol. The Balaban J connectivity index is -0.000000103. The minimum atomic E-state index is -0.137. The van der Waals surface area contributed by atoms with Gasteiger partial charge in [-0.25, -0.2) is 0 Å². The van der Waals surface area contributed by atoms with Crippen LogP contribution in [-0.2, 0) is 14.3 Å². The molecule has 10 heteroatoms. The molecule has 0 aliphatic heterocycles. The normalized spacial score (nSPS) is 12.0. The Morgan fingerprint density at radius 1 is 0.511 bits per heavy atom. The molecule has 0 aromatic rings. The molecule has 0 bridgehead atoms. The van der Waals surface area contributed by atoms with E-state index in [1.807, 2.05) is 26.8 Å². The van der Waals surface area contributed by atoms with Gasteiger partial charge in [-0.3, -0.25) is 4.79 Å². The Morgan fingerprint density at radius 2 is 0.756 bits per heavy atom. The molecule has 13 N–H and O–H groups in total. The van der Waals surface area contributed by atoms with Gasteiger partial charge in [-0.1, -0.05) is 131 Å². The van der Waals surface area contributed by atoms with E-state index in [-0.39, 0.29) is 28.8 Å². The van der Waals surface area contributed by atoms with Crippen molar-refractivity contribution in [1.29, 1.82) is 0 Å². The lowest BCUT2D eigenvalue weighted by Crippen LogP contribution is -2.27. The highest BCUT2D eigenvalue weighted by atomic mass is 16.5. The van der Waals surface area contributed by atoms with Gasteiger partial charge in [-0.15, -0.1) is 0 Å². The first-order valence-corrected chi connectivity index (χ1v) is 16.1. The minimum Gasteiger partial charge on any atom is -0.366 e. The third kappa shape index (κ3) is 99.2. The van der Waals surface area contributed by atoms with Crippen molar-refractivity contribution in [3.05, 3.63) is 12.2 Å². The average Bonchev–Trinajstić information content (AvgIpc) is 2.84. The first-order valence-electron chi connectivity index (χ1n) is 16.1. The molecule has 0 rings (SSSR count). The van der Waals surface area contributed by atoms with Crippen molar-refractivity contribution < 1.29 is 14.3 Å². The molecule has 0 saturated heterocycles. The number of carbonyl (C=O) groups is 1. The second-order valence-corrected chi connectivity index (χ2v) is 17.9. The van der Waals surface area contributed by atoms with Crippen LogP contribution in [0.15, 0.2) is 12.2 Å². The quantitative estimate of drug-likeness (QED) is 0.142. The molecular formula is C35H85N7O3. The summed E-state index contributed by atoms with van der Waals surface area (Å²) in [5.74, 6) is -0.137. The number of hydrogen-bond acceptors (Lipinski definition) is 9. The maximum Gasteiger partial charge on any atom is 0.244 e. The molecule has 0 fully saturated rings. The Labute approximate surface area is 281 Å². The van der Waals surface area contributed by atoms with Crippen LogP contribution in [0.1, 0.15) is 125 Å². The highest BCUT2D eigenvalue weighted by Crippen LogP contribution is 2.14. The summed E-state index contributed by atoms with van der Waals surface area (Å²) in [7, 11) is 0. The Hall–Kier alpha value is -1.11. The van der Waals surface area contributed by atoms with E-state index in [2.05, 4.69) is 109 Å². The van der Waals surface area contributed by atoms with E-state index in [0.29, 0.717) is 29.7 Å². The molecule has 0 radical (unpaired) electrons. The third-order valence-electron chi connectivity index (χ3n) is 4.15. The largest absolute Gasteiger partial charge is 0.366 e. The van der Waals surface area contributed by atoms with Crippen molar-refractivity contribution in [3.8, 4) is 0 Å². The molecule has 0 atom stereocenters. The molecule has 10 nitrogen and oxygen atoms in total. The van der Waals surface area contributed by atoms with Gasteiger partial charge < -0.3 is 49.2 Å². The zero-order valence-electron chi connectivity index (χ0n) is 33.5. The van der Waals surface area contributed by atoms with Crippen LogP contribution < -0.4 is 39.7 Å². The molecule has 45 heavy (non-hydrogen) atoms. The first kappa shape index (κ1) is 56.2. The van der Waals surface area contributed by atoms with E-state index in [0.717, 1.165) is 32.8 Å². The molecule has 0 aromatic heterocycles. The highest BCUT2D eigenvalue weighted by molar-refractivity contribution is 5.87. The topological polar surface area (TPSA) is 204 Å². The van der Waals surface area contributed by atoms with Crippen LogP contribution >= 0.6 is 0 Å². The zero-order valence-corrected chi connectivity index (χ0v) is 33.5. The standard InChI is InChI=1S/C8H16N2O.2C6H15NO.3C5H13N/c1-8(2,3)5-4-7(11)10-6-9;2*1-6(2,3)4-8-5-7;3*1-5(2,3)4-6/h4-5H,6,9H2,1-3H3,(H,10,11);2*4-5,7H2,1-3H3;3*4,6H2,1-3H3/b5-4+;;;;;. The molecular weight excluding hydrogens is 566 g/mol. The summed E-state index contributed by atoms with van der Waals surface area (Å²) in [4.78, 5) is 10.8. The third-order valence-corrected chi connectivity index (χ3v) is 4.15. The van der Waals surface area contributed by atoms with Crippen molar-refractivity contribution in [2.45, 2.75) is 125 Å². The van der Waals surface area contributed by atoms with Gasteiger partial charge >= 0.3 is 0 Å². The summed E-state index contributed by atoms with van der Waals surface area (Å²) in [6.45, 7) is 42.5. The fraction of sp³-hybridized carbons (Fsp3) is 0.914. The van der Waals surface area contributed by atoms with E-state index in [4.69, 9.17) is 43.9 Å². The zero-order chi connectivity index (χ0) is 37.8. The van der Waals surface area contributed by atoms with Crippen molar-refractivity contribution >= 4 is 5.91 Å². The summed E-state index contributed by atoms with van der Waals surface area (Å²) in [6, 6.07) is 0. The van der Waals surface area contributed by atoms with Crippen LogP contribution in [-0.4, -0.2) is 58.9 Å². The predicted octanol–water partition coefficient (Wildman–Crippen LogP) is 5.53. The Bertz CT molecular complexity index is 606. The predicted molar refractivity (Wildman–Crippen MR) is 200 cm³/mol. The van der Waals surface area contributed by atoms with Crippen molar-refractivity contribution in [2.24, 2.45) is 66.9 Å². The number of allylic oxidation sites excluding steroid dienone is 1. The second kappa shape index (κ2) is 29.1. The number of hydrogen-bond donors (Lipinski definition) is 7. The van der Waals surface area contributed by atoms with Crippen LogP contribution in [0.3, 0.4) is 0 Å². The molecule has 1 amide bonds. The summed E-state index contributed by atoms with van der Waals surface area (Å²) in [6.07, 6.45) is 3.35. The average molecular weight is 652 g/mol. The molecule has 0 spiro atoms. The highest BCUT2D eigenvalue weighted by Gasteiger charge is 2.09. The van der Waals surface area contributed by atoms with Crippen LogP contribution in [0.4, 0.5) is 0 Å². The lowest BCUT2D eigenvalue weighted by Gasteiger charge is -2.16. The van der Waals surface area contributed by atoms with Crippen LogP contribution in [0, 0.1) is 32.5 Å². The molecule has 278 valence electrons. The van der Waals surface area contributed by atoms with Crippen molar-refractivity contribution in [1.82, 2.24) is 5.32 Å². The lowest BCUT2D eigenvalue weighted by atomic mass is 9.96. The number of ether oxygens (including phenoxy) is 2. The number of rotatable bonds is 6. The van der Waals surface area contributed by atoms with E-state index in [9.17, 15) is 4.79 Å². The maximum absolute atomic E-state index is 10.8. The minimum absolute atomic E-state index is 0.0476. The fourth-order valence-electron chi connectivity index (χ4n) is 1.22. The van der Waals surface area contributed by atoms with Crippen molar-refractivity contribution in [2.75, 3.05) is 53.0 Å². The van der Waals surface area contributed by atoms with Gasteiger partial charge in [-0.05, 0) is 58.2 Å². The number of carbonyl (C=O) groups excluding carboxylic acids is 1. The summed E-state index contributed by atoms with van der Waals surface area (Å²) >= 11 is 0. The van der Waals surface area contributed by atoms with Gasteiger partial charge in [0.2, 0.25) is 5.91 Å². The van der Waals surface area contributed by atoms with E-state index in [1.54, 1.807) is 0 Å². The Kier molecular flexibility index (Phi) is 36.3. The SMILES string of the molecule is CC(C)(C)/C=C/C(=O)NCN.CC(C)(C)CN.CC(C)(C)CN.CC(C)(C)CN.CC(C)(C)COCN.CC(C)(C)COCN. The summed E-state index contributed by atoms with van der Waals surface area (Å²) < 4.78 is 9.95. The van der Waals surface area contributed by atoms with E-state index >= 15 is 0 Å². The van der Waals surface area contributed by atoms with Gasteiger partial charge in [0.05, 0.1) is 33.3 Å². The van der Waals surface area contributed by atoms with E-state index in [1.165, 1.54) is 6.08 Å². The van der Waals surface area contributed by atoms with Crippen LogP contribution in [0.5, 0.6) is 0 Å². The summed E-state index contributed by atoms with van der Waals surface area (Å²) in [5, 5.41) is 2.47. The fourth-order valence-corrected chi connectivity index (χ4v) is 1.22. The van der Waals surface area contributed by atoms with Gasteiger partial charge in [0.25, 0.3) is 0 Å². The van der Waals surface area contributed by atoms with Gasteiger partial charge in [0.15, 0.2) is 0 Å². The number of amides is 1. The number of nitrogens with one attached hydrogen (secondary N) is 1. The smallest absolute Gasteiger partial charge is 0.244 e. The lowest BCUT2D eigenvalue weighted by molar-refractivity contribution is -0.116. The van der Waals surface area contributed by atoms with Gasteiger partial charge in [0, 0.05) is 0 Å². The number of nitrogens with two attached hydrogens (primary N) is 6. The molecule has 0 aliphatic carbocycles. The molecule has 0 aliphatic rings. The molecule has 0 saturated carbocycles. The van der Waals surface area contributed by atoms with Gasteiger partial charge in [0.1, 0.15) is 0 Å². The van der Waals surface area contributed by atoms with Crippen LogP contribution in [0.2, 0.25) is 0 Å². The molecule has 0 heterocycles. The molecule has 0 aromatic carbocycles. The summed E-state index contributed by atoms with van der Waals surface area (Å²) in [5.41, 5.74) is 32.8. The first-order chi connectivity index (χ1) is 19.8. The van der Waals surface area contributed by atoms with Gasteiger partial charge in [-0.2, -0.15) is 0 Å². The Morgan fingerprint density at radius 3 is 0.867 bits per heavy atom.